The fraction of sp³-hybridized carbons (Fsp3) is 0.400. The number of carbonyl (C=O) groups excluding carboxylic acids is 1. The van der Waals surface area contributed by atoms with E-state index in [1.54, 1.807) is 32.7 Å². The molecule has 2 heterocycles. The molecule has 0 spiro atoms. The number of nitrogens with one attached hydrogen (secondary N) is 2. The number of ether oxygens (including phenoxy) is 3. The van der Waals surface area contributed by atoms with Gasteiger partial charge < -0.3 is 24.8 Å². The van der Waals surface area contributed by atoms with E-state index in [0.717, 1.165) is 30.7 Å². The van der Waals surface area contributed by atoms with Crippen LogP contribution >= 0.6 is 0 Å². The maximum Gasteiger partial charge on any atom is 0.253 e. The van der Waals surface area contributed by atoms with E-state index in [9.17, 15) is 4.79 Å². The molecule has 3 rings (SSSR count). The van der Waals surface area contributed by atoms with Gasteiger partial charge in [-0.1, -0.05) is 6.07 Å². The second-order valence-electron chi connectivity index (χ2n) is 6.35. The van der Waals surface area contributed by atoms with Crippen LogP contribution in [-0.2, 0) is 11.3 Å². The minimum atomic E-state index is -0.146. The minimum Gasteiger partial charge on any atom is -0.493 e. The van der Waals surface area contributed by atoms with Crippen LogP contribution < -0.4 is 20.1 Å². The quantitative estimate of drug-likeness (QED) is 0.742. The molecule has 0 aliphatic carbocycles. The zero-order valence-electron chi connectivity index (χ0n) is 15.7. The van der Waals surface area contributed by atoms with Crippen LogP contribution in [0.15, 0.2) is 36.7 Å². The van der Waals surface area contributed by atoms with Crippen molar-refractivity contribution in [2.45, 2.75) is 25.5 Å². The lowest BCUT2D eigenvalue weighted by Crippen LogP contribution is -2.31. The molecule has 0 saturated carbocycles. The fourth-order valence-electron chi connectivity index (χ4n) is 2.97. The molecule has 1 unspecified atom stereocenters. The topological polar surface area (TPSA) is 81.7 Å². The highest BCUT2D eigenvalue weighted by Crippen LogP contribution is 2.27. The van der Waals surface area contributed by atoms with Crippen LogP contribution in [0.5, 0.6) is 11.5 Å². The van der Waals surface area contributed by atoms with Crippen LogP contribution in [0.3, 0.4) is 0 Å². The van der Waals surface area contributed by atoms with Crippen molar-refractivity contribution in [1.82, 2.24) is 10.3 Å². The van der Waals surface area contributed by atoms with Crippen LogP contribution in [0.1, 0.15) is 28.8 Å². The molecule has 1 aliphatic rings. The summed E-state index contributed by atoms with van der Waals surface area (Å²) in [5.74, 6) is 1.22. The van der Waals surface area contributed by atoms with Crippen LogP contribution in [0.25, 0.3) is 0 Å². The summed E-state index contributed by atoms with van der Waals surface area (Å²) in [5.41, 5.74) is 2.32. The molecule has 27 heavy (non-hydrogen) atoms. The lowest BCUT2D eigenvalue weighted by Gasteiger charge is -2.12. The highest BCUT2D eigenvalue weighted by Gasteiger charge is 2.17. The molecule has 1 saturated heterocycles. The van der Waals surface area contributed by atoms with Gasteiger partial charge in [0.1, 0.15) is 0 Å². The molecule has 7 heteroatoms. The molecule has 1 atom stereocenters. The number of nitrogens with zero attached hydrogens (tertiary/aromatic N) is 1. The average Bonchev–Trinajstić information content (AvgIpc) is 3.24. The zero-order valence-corrected chi connectivity index (χ0v) is 15.7. The zero-order chi connectivity index (χ0) is 19.1. The van der Waals surface area contributed by atoms with Crippen molar-refractivity contribution in [3.05, 3.63) is 47.8 Å². The molecular formula is C20H25N3O4. The summed E-state index contributed by atoms with van der Waals surface area (Å²) in [6, 6.07) is 7.53. The third-order valence-corrected chi connectivity index (χ3v) is 4.46. The molecule has 1 fully saturated rings. The number of methoxy groups -OCH3 is 2. The van der Waals surface area contributed by atoms with Crippen molar-refractivity contribution in [2.75, 3.05) is 32.7 Å². The summed E-state index contributed by atoms with van der Waals surface area (Å²) in [6.07, 6.45) is 5.42. The second kappa shape index (κ2) is 9.23. The lowest BCUT2D eigenvalue weighted by atomic mass is 10.2. The first kappa shape index (κ1) is 19.0. The number of pyridine rings is 1. The van der Waals surface area contributed by atoms with E-state index < -0.39 is 0 Å². The van der Waals surface area contributed by atoms with Crippen molar-refractivity contribution in [3.63, 3.8) is 0 Å². The van der Waals surface area contributed by atoms with Crippen LogP contribution in [0.2, 0.25) is 0 Å². The van der Waals surface area contributed by atoms with E-state index in [-0.39, 0.29) is 12.0 Å². The number of hydrogen-bond donors (Lipinski definition) is 2. The van der Waals surface area contributed by atoms with E-state index in [2.05, 4.69) is 15.6 Å². The average molecular weight is 371 g/mol. The monoisotopic (exact) mass is 371 g/mol. The lowest BCUT2D eigenvalue weighted by molar-refractivity contribution is 0.0857. The molecule has 2 N–H and O–H groups in total. The summed E-state index contributed by atoms with van der Waals surface area (Å²) < 4.78 is 16.1. The summed E-state index contributed by atoms with van der Waals surface area (Å²) in [5, 5.41) is 6.19. The van der Waals surface area contributed by atoms with E-state index in [4.69, 9.17) is 14.2 Å². The van der Waals surface area contributed by atoms with Gasteiger partial charge in [0, 0.05) is 32.1 Å². The van der Waals surface area contributed by atoms with Crippen LogP contribution in [-0.4, -0.2) is 44.4 Å². The molecular weight excluding hydrogens is 346 g/mol. The molecule has 0 bridgehead atoms. The second-order valence-corrected chi connectivity index (χ2v) is 6.35. The van der Waals surface area contributed by atoms with Gasteiger partial charge in [-0.2, -0.15) is 0 Å². The SMILES string of the molecule is COc1ccc(CNc2cncc(C(=O)NCC3CCCO3)c2)cc1OC. The molecule has 1 amide bonds. The van der Waals surface area contributed by atoms with Gasteiger partial charge in [0.2, 0.25) is 0 Å². The van der Waals surface area contributed by atoms with Crippen molar-refractivity contribution in [3.8, 4) is 11.5 Å². The molecule has 7 nitrogen and oxygen atoms in total. The molecule has 0 radical (unpaired) electrons. The Hall–Kier alpha value is -2.80. The van der Waals surface area contributed by atoms with Crippen molar-refractivity contribution in [2.24, 2.45) is 0 Å². The summed E-state index contributed by atoms with van der Waals surface area (Å²) >= 11 is 0. The smallest absolute Gasteiger partial charge is 0.253 e. The Morgan fingerprint density at radius 1 is 1.22 bits per heavy atom. The van der Waals surface area contributed by atoms with E-state index in [1.165, 1.54) is 0 Å². The van der Waals surface area contributed by atoms with Crippen molar-refractivity contribution < 1.29 is 19.0 Å². The molecule has 1 aromatic heterocycles. The fourth-order valence-corrected chi connectivity index (χ4v) is 2.97. The first-order chi connectivity index (χ1) is 13.2. The summed E-state index contributed by atoms with van der Waals surface area (Å²) in [4.78, 5) is 16.5. The number of anilines is 1. The van der Waals surface area contributed by atoms with Gasteiger partial charge in [-0.25, -0.2) is 0 Å². The maximum absolute atomic E-state index is 12.3. The van der Waals surface area contributed by atoms with Gasteiger partial charge in [-0.3, -0.25) is 9.78 Å². The number of benzene rings is 1. The highest BCUT2D eigenvalue weighted by molar-refractivity contribution is 5.94. The largest absolute Gasteiger partial charge is 0.493 e. The van der Waals surface area contributed by atoms with Gasteiger partial charge in [0.25, 0.3) is 5.91 Å². The Morgan fingerprint density at radius 2 is 2.07 bits per heavy atom. The molecule has 2 aromatic rings. The Kier molecular flexibility index (Phi) is 6.49. The van der Waals surface area contributed by atoms with Crippen LogP contribution in [0.4, 0.5) is 5.69 Å². The van der Waals surface area contributed by atoms with Gasteiger partial charge in [0.05, 0.1) is 31.6 Å². The highest BCUT2D eigenvalue weighted by atomic mass is 16.5. The Bertz CT molecular complexity index is 776. The first-order valence-corrected chi connectivity index (χ1v) is 8.99. The summed E-state index contributed by atoms with van der Waals surface area (Å²) in [7, 11) is 3.22. The van der Waals surface area contributed by atoms with E-state index >= 15 is 0 Å². The third-order valence-electron chi connectivity index (χ3n) is 4.46. The Morgan fingerprint density at radius 3 is 2.81 bits per heavy atom. The molecule has 1 aromatic carbocycles. The van der Waals surface area contributed by atoms with Gasteiger partial charge >= 0.3 is 0 Å². The van der Waals surface area contributed by atoms with Gasteiger partial charge in [-0.05, 0) is 36.6 Å². The standard InChI is InChI=1S/C20H25N3O4/c1-25-18-6-5-14(8-19(18)26-2)10-22-16-9-15(11-21-12-16)20(24)23-13-17-4-3-7-27-17/h5-6,8-9,11-12,17,22H,3-4,7,10,13H2,1-2H3,(H,23,24). The van der Waals surface area contributed by atoms with Gasteiger partial charge in [0.15, 0.2) is 11.5 Å². The van der Waals surface area contributed by atoms with E-state index in [1.807, 2.05) is 18.2 Å². The molecule has 1 aliphatic heterocycles. The van der Waals surface area contributed by atoms with Crippen LogP contribution in [0, 0.1) is 0 Å². The number of hydrogen-bond acceptors (Lipinski definition) is 6. The normalized spacial score (nSPS) is 16.0. The predicted molar refractivity (Wildman–Crippen MR) is 102 cm³/mol. The molecule has 144 valence electrons. The summed E-state index contributed by atoms with van der Waals surface area (Å²) in [6.45, 7) is 1.88. The number of aromatic nitrogens is 1. The van der Waals surface area contributed by atoms with Gasteiger partial charge in [-0.15, -0.1) is 0 Å². The van der Waals surface area contributed by atoms with Crippen molar-refractivity contribution >= 4 is 11.6 Å². The third kappa shape index (κ3) is 5.10. The first-order valence-electron chi connectivity index (χ1n) is 8.99. The number of rotatable bonds is 8. The number of amides is 1. The Balaban J connectivity index is 1.57. The minimum absolute atomic E-state index is 0.119. The Labute approximate surface area is 159 Å². The predicted octanol–water partition coefficient (Wildman–Crippen LogP) is 2.62. The number of carbonyl (C=O) groups is 1. The van der Waals surface area contributed by atoms with E-state index in [0.29, 0.717) is 30.2 Å². The van der Waals surface area contributed by atoms with Crippen molar-refractivity contribution in [1.29, 1.82) is 0 Å². The maximum atomic E-state index is 12.3.